The number of hydrogen-bond acceptors (Lipinski definition) is 8. The summed E-state index contributed by atoms with van der Waals surface area (Å²) in [5.74, 6) is -2.92. The van der Waals surface area contributed by atoms with Crippen LogP contribution in [0.2, 0.25) is 0 Å². The van der Waals surface area contributed by atoms with Crippen molar-refractivity contribution in [1.29, 1.82) is 0 Å². The van der Waals surface area contributed by atoms with E-state index >= 15 is 0 Å². The van der Waals surface area contributed by atoms with Crippen molar-refractivity contribution in [2.45, 2.75) is 162 Å². The van der Waals surface area contributed by atoms with Gasteiger partial charge in [-0.05, 0) is 84.5 Å². The molecule has 49 heavy (non-hydrogen) atoms. The average Bonchev–Trinajstić information content (AvgIpc) is 3.41. The summed E-state index contributed by atoms with van der Waals surface area (Å²) >= 11 is 0. The molecule has 0 amide bonds. The van der Waals surface area contributed by atoms with Crippen LogP contribution in [0.15, 0.2) is 22.8 Å². The summed E-state index contributed by atoms with van der Waals surface area (Å²) in [6.45, 7) is 16.0. The topological polar surface area (TPSA) is 116 Å². The van der Waals surface area contributed by atoms with E-state index in [9.17, 15) is 24.3 Å². The smallest absolute Gasteiger partial charge is 0.313 e. The summed E-state index contributed by atoms with van der Waals surface area (Å²) < 4.78 is 19.1. The average molecular weight is 683 g/mol. The van der Waals surface area contributed by atoms with Crippen molar-refractivity contribution in [3.8, 4) is 0 Å². The highest BCUT2D eigenvalue weighted by atomic mass is 16.6. The van der Waals surface area contributed by atoms with Crippen molar-refractivity contribution >= 4 is 23.3 Å². The summed E-state index contributed by atoms with van der Waals surface area (Å²) in [6.07, 6.45) is 6.79. The van der Waals surface area contributed by atoms with Gasteiger partial charge in [0.1, 0.15) is 23.0 Å². The van der Waals surface area contributed by atoms with E-state index in [2.05, 4.69) is 19.9 Å². The minimum atomic E-state index is -1.52. The molecule has 2 aliphatic carbocycles. The van der Waals surface area contributed by atoms with Crippen molar-refractivity contribution in [3.05, 3.63) is 22.8 Å². The molecule has 0 aromatic rings. The van der Waals surface area contributed by atoms with E-state index in [0.29, 0.717) is 25.7 Å². The second kappa shape index (κ2) is 14.5. The number of aliphatic hydroxyl groups excluding tert-OH is 1. The van der Waals surface area contributed by atoms with Crippen molar-refractivity contribution in [3.63, 3.8) is 0 Å². The molecule has 3 heterocycles. The van der Waals surface area contributed by atoms with Crippen molar-refractivity contribution in [2.24, 2.45) is 40.9 Å². The van der Waals surface area contributed by atoms with E-state index in [1.165, 1.54) is 7.11 Å². The lowest BCUT2D eigenvalue weighted by atomic mass is 9.53. The number of Topliss-reactive ketones (excluding diaryl/α,β-unsaturated/α-hetero) is 3. The fourth-order valence-corrected chi connectivity index (χ4v) is 10.0. The minimum Gasteiger partial charge on any atom is -0.469 e. The Morgan fingerprint density at radius 3 is 2.31 bits per heavy atom. The fraction of sp³-hybridized carbons (Fsp3) is 0.805. The van der Waals surface area contributed by atoms with Crippen LogP contribution in [0.4, 0.5) is 0 Å². The molecular formula is C41H62O8. The fourth-order valence-electron chi connectivity index (χ4n) is 10.0. The number of carbonyl (C=O) groups excluding carboxylic acids is 4. The predicted molar refractivity (Wildman–Crippen MR) is 188 cm³/mol. The van der Waals surface area contributed by atoms with Crippen LogP contribution in [0.3, 0.4) is 0 Å². The summed E-state index contributed by atoms with van der Waals surface area (Å²) in [4.78, 5) is 57.4. The van der Waals surface area contributed by atoms with Gasteiger partial charge in [0.15, 0.2) is 0 Å². The van der Waals surface area contributed by atoms with Crippen LogP contribution < -0.4 is 0 Å². The highest BCUT2D eigenvalue weighted by molar-refractivity contribution is 5.97. The molecule has 3 fully saturated rings. The van der Waals surface area contributed by atoms with Gasteiger partial charge in [-0.1, -0.05) is 63.3 Å². The molecule has 0 unspecified atom stereocenters. The van der Waals surface area contributed by atoms with E-state index in [1.807, 2.05) is 41.5 Å². The third-order valence-corrected chi connectivity index (χ3v) is 13.5. The van der Waals surface area contributed by atoms with E-state index < -0.39 is 46.4 Å². The molecule has 4 bridgehead atoms. The zero-order valence-electron chi connectivity index (χ0n) is 31.6. The second-order valence-corrected chi connectivity index (χ2v) is 17.4. The third-order valence-electron chi connectivity index (χ3n) is 13.5. The molecule has 1 N–H and O–H groups in total. The van der Waals surface area contributed by atoms with E-state index in [4.69, 9.17) is 14.2 Å². The van der Waals surface area contributed by atoms with Crippen LogP contribution in [0.5, 0.6) is 0 Å². The number of rotatable bonds is 2. The molecule has 2 saturated heterocycles. The Bertz CT molecular complexity index is 1380. The maximum absolute atomic E-state index is 14.7. The van der Waals surface area contributed by atoms with Crippen molar-refractivity contribution in [2.75, 3.05) is 7.11 Å². The molecule has 8 nitrogen and oxygen atoms in total. The number of hydrogen-bond donors (Lipinski definition) is 1. The summed E-state index contributed by atoms with van der Waals surface area (Å²) in [5.41, 5.74) is -0.0540. The number of fused-ring (bicyclic) bond motifs is 9. The van der Waals surface area contributed by atoms with Gasteiger partial charge in [0.2, 0.25) is 0 Å². The van der Waals surface area contributed by atoms with Gasteiger partial charge in [0, 0.05) is 42.9 Å². The maximum Gasteiger partial charge on any atom is 0.313 e. The number of methoxy groups -OCH3 is 1. The number of ether oxygens (including phenoxy) is 3. The molecule has 0 aromatic heterocycles. The van der Waals surface area contributed by atoms with Crippen LogP contribution in [0, 0.1) is 40.9 Å². The van der Waals surface area contributed by atoms with Gasteiger partial charge in [-0.25, -0.2) is 0 Å². The zero-order valence-corrected chi connectivity index (χ0v) is 31.6. The van der Waals surface area contributed by atoms with Crippen LogP contribution in [0.25, 0.3) is 0 Å². The van der Waals surface area contributed by atoms with E-state index in [0.717, 1.165) is 48.8 Å². The first-order valence-electron chi connectivity index (χ1n) is 19.0. The van der Waals surface area contributed by atoms with E-state index in [1.54, 1.807) is 0 Å². The monoisotopic (exact) mass is 682 g/mol. The van der Waals surface area contributed by atoms with Crippen LogP contribution >= 0.6 is 0 Å². The molecule has 274 valence electrons. The normalized spacial score (nSPS) is 43.9. The third kappa shape index (κ3) is 7.04. The Balaban J connectivity index is 1.70. The molecule has 11 atom stereocenters. The Kier molecular flexibility index (Phi) is 11.2. The van der Waals surface area contributed by atoms with Gasteiger partial charge in [0.05, 0.1) is 36.4 Å². The molecule has 5 aliphatic rings. The first-order valence-corrected chi connectivity index (χ1v) is 19.0. The molecule has 5 rings (SSSR count). The van der Waals surface area contributed by atoms with Gasteiger partial charge in [0.25, 0.3) is 0 Å². The highest BCUT2D eigenvalue weighted by Gasteiger charge is 2.62. The Hall–Kier alpha value is -2.16. The standard InChI is InChI=1S/C41H62O8/c1-23(2)28-20-32(42)26(5)12-10-11-24(3)18-33(43)31-19-27(6)29-21-35(45)40(8)37-15-16-39(7,48-37)36(49-40)14-13-25(4)17-30(29)41(31,22-34(28)44)38(46)47-9/h17,23-24,26,28,30-31,35-37,45H,10-16,18-22H2,1-9H3/b25-17+/t24-,26+,28-,30-,31+,35-,36-,37-,39+,40+,41-/m0/s1. The van der Waals surface area contributed by atoms with Gasteiger partial charge in [-0.15, -0.1) is 0 Å². The van der Waals surface area contributed by atoms with Gasteiger partial charge in [-0.2, -0.15) is 0 Å². The lowest BCUT2D eigenvalue weighted by Gasteiger charge is -2.51. The molecule has 0 radical (unpaired) electrons. The first-order chi connectivity index (χ1) is 23.0. The van der Waals surface area contributed by atoms with E-state index in [-0.39, 0.29) is 66.6 Å². The molecular weight excluding hydrogens is 620 g/mol. The maximum atomic E-state index is 14.7. The molecule has 3 aliphatic heterocycles. The van der Waals surface area contributed by atoms with Crippen LogP contribution in [-0.4, -0.2) is 65.0 Å². The Morgan fingerprint density at radius 1 is 0.918 bits per heavy atom. The number of aliphatic hydroxyl groups is 1. The van der Waals surface area contributed by atoms with Crippen molar-refractivity contribution in [1.82, 2.24) is 0 Å². The predicted octanol–water partition coefficient (Wildman–Crippen LogP) is 7.29. The zero-order chi connectivity index (χ0) is 36.1. The Labute approximate surface area is 294 Å². The highest BCUT2D eigenvalue weighted by Crippen LogP contribution is 2.57. The minimum absolute atomic E-state index is 0.0166. The number of allylic oxidation sites excluding steroid dienone is 3. The molecule has 8 heteroatoms. The second-order valence-electron chi connectivity index (χ2n) is 17.4. The summed E-state index contributed by atoms with van der Waals surface area (Å²) in [5, 5.41) is 12.2. The van der Waals surface area contributed by atoms with Crippen molar-refractivity contribution < 1.29 is 38.5 Å². The molecule has 0 aromatic carbocycles. The van der Waals surface area contributed by atoms with Crippen LogP contribution in [-0.2, 0) is 33.4 Å². The SMILES string of the molecule is COC(=O)[C@]12CC(=O)[C@H](C(C)C)CC(=O)[C@H](C)CCC[C@H](C)CC(=O)[C@H]1CC(C)=C1C[C@H](O)[C@@]3(C)O[C@@H](CC/C(C)=C/[C@@H]12)[C@@]1(C)CC[C@@H]3O1. The molecule has 1 saturated carbocycles. The first kappa shape index (κ1) is 38.1. The van der Waals surface area contributed by atoms with Crippen LogP contribution in [0.1, 0.15) is 132 Å². The number of ketones is 3. The number of esters is 1. The van der Waals surface area contributed by atoms with Gasteiger partial charge in [-0.3, -0.25) is 19.2 Å². The summed E-state index contributed by atoms with van der Waals surface area (Å²) in [6, 6.07) is 0. The lowest BCUT2D eigenvalue weighted by molar-refractivity contribution is -0.296. The lowest BCUT2D eigenvalue weighted by Crippen LogP contribution is -2.62. The van der Waals surface area contributed by atoms with Gasteiger partial charge >= 0.3 is 5.97 Å². The quantitative estimate of drug-likeness (QED) is 0.239. The largest absolute Gasteiger partial charge is 0.469 e. The number of carbonyl (C=O) groups is 4. The summed E-state index contributed by atoms with van der Waals surface area (Å²) in [7, 11) is 1.34. The van der Waals surface area contributed by atoms with Gasteiger partial charge < -0.3 is 19.3 Å². The molecule has 0 spiro atoms. The Morgan fingerprint density at radius 2 is 1.63 bits per heavy atom.